The molecule has 0 aliphatic carbocycles. The van der Waals surface area contributed by atoms with Crippen LogP contribution >= 0.6 is 0 Å². The molecule has 0 fully saturated rings. The van der Waals surface area contributed by atoms with Crippen LogP contribution in [0, 0.1) is 6.92 Å². The normalized spacial score (nSPS) is 11.1. The molecule has 1 aromatic heterocycles. The Morgan fingerprint density at radius 1 is 1.16 bits per heavy atom. The van der Waals surface area contributed by atoms with E-state index in [-0.39, 0.29) is 0 Å². The van der Waals surface area contributed by atoms with E-state index in [1.54, 1.807) is 0 Å². The fourth-order valence-electron chi connectivity index (χ4n) is 2.19. The summed E-state index contributed by atoms with van der Waals surface area (Å²) >= 11 is 0. The number of rotatable bonds is 3. The van der Waals surface area contributed by atoms with Gasteiger partial charge in [-0.15, -0.1) is 0 Å². The molecule has 0 aliphatic rings. The average molecular weight is 252 g/mol. The van der Waals surface area contributed by atoms with Crippen LogP contribution in [0.3, 0.4) is 0 Å². The molecule has 3 rings (SSSR count). The molecular formula is C16H16N2O. The second-order valence-electron chi connectivity index (χ2n) is 4.72. The van der Waals surface area contributed by atoms with Gasteiger partial charge in [-0.1, -0.05) is 23.8 Å². The lowest BCUT2D eigenvalue weighted by Crippen LogP contribution is -2.04. The van der Waals surface area contributed by atoms with E-state index >= 15 is 0 Å². The van der Waals surface area contributed by atoms with Gasteiger partial charge in [0.25, 0.3) is 0 Å². The fraction of sp³-hybridized carbons (Fsp3) is 0.188. The minimum Gasteiger partial charge on any atom is -0.436 e. The molecule has 0 amide bonds. The second kappa shape index (κ2) is 4.86. The monoisotopic (exact) mass is 252 g/mol. The lowest BCUT2D eigenvalue weighted by molar-refractivity contribution is 0.619. The van der Waals surface area contributed by atoms with E-state index in [2.05, 4.69) is 41.5 Å². The zero-order valence-electron chi connectivity index (χ0n) is 11.1. The molecule has 0 bridgehead atoms. The minimum absolute atomic E-state index is 0.681. The Balaban J connectivity index is 2.06. The first-order chi connectivity index (χ1) is 9.26. The standard InChI is InChI=1S/C16H16N2O/c1-11-4-3-5-13(8-11)16-18-14-9-12(10-17-2)6-7-15(14)19-16/h3-9,17H,10H2,1-2H3. The van der Waals surface area contributed by atoms with Crippen molar-refractivity contribution in [3.05, 3.63) is 53.6 Å². The highest BCUT2D eigenvalue weighted by atomic mass is 16.3. The first-order valence-electron chi connectivity index (χ1n) is 6.37. The minimum atomic E-state index is 0.681. The molecule has 0 spiro atoms. The molecule has 1 N–H and O–H groups in total. The topological polar surface area (TPSA) is 38.1 Å². The maximum absolute atomic E-state index is 5.81. The number of hydrogen-bond donors (Lipinski definition) is 1. The number of benzene rings is 2. The van der Waals surface area contributed by atoms with E-state index in [0.717, 1.165) is 23.2 Å². The van der Waals surface area contributed by atoms with Crippen LogP contribution in [0.25, 0.3) is 22.6 Å². The Labute approximate surface area is 112 Å². The molecule has 0 radical (unpaired) electrons. The molecular weight excluding hydrogens is 236 g/mol. The maximum Gasteiger partial charge on any atom is 0.227 e. The van der Waals surface area contributed by atoms with Gasteiger partial charge in [0.1, 0.15) is 5.52 Å². The summed E-state index contributed by atoms with van der Waals surface area (Å²) in [6.45, 7) is 2.90. The van der Waals surface area contributed by atoms with Gasteiger partial charge in [0, 0.05) is 12.1 Å². The average Bonchev–Trinajstić information content (AvgIpc) is 2.82. The van der Waals surface area contributed by atoms with Gasteiger partial charge < -0.3 is 9.73 Å². The molecule has 0 atom stereocenters. The van der Waals surface area contributed by atoms with Crippen molar-refractivity contribution in [1.82, 2.24) is 10.3 Å². The molecule has 0 saturated heterocycles. The van der Waals surface area contributed by atoms with E-state index in [1.165, 1.54) is 11.1 Å². The van der Waals surface area contributed by atoms with Crippen LogP contribution in [0.5, 0.6) is 0 Å². The fourth-order valence-corrected chi connectivity index (χ4v) is 2.19. The van der Waals surface area contributed by atoms with E-state index in [9.17, 15) is 0 Å². The first-order valence-corrected chi connectivity index (χ1v) is 6.37. The maximum atomic E-state index is 5.81. The van der Waals surface area contributed by atoms with Crippen molar-refractivity contribution in [3.8, 4) is 11.5 Å². The number of aryl methyl sites for hydroxylation is 1. The smallest absolute Gasteiger partial charge is 0.227 e. The van der Waals surface area contributed by atoms with Gasteiger partial charge in [-0.25, -0.2) is 4.98 Å². The predicted molar refractivity (Wildman–Crippen MR) is 76.9 cm³/mol. The second-order valence-corrected chi connectivity index (χ2v) is 4.72. The van der Waals surface area contributed by atoms with Crippen LogP contribution in [0.1, 0.15) is 11.1 Å². The van der Waals surface area contributed by atoms with Gasteiger partial charge >= 0.3 is 0 Å². The predicted octanol–water partition coefficient (Wildman–Crippen LogP) is 3.52. The van der Waals surface area contributed by atoms with Crippen molar-refractivity contribution in [1.29, 1.82) is 0 Å². The van der Waals surface area contributed by atoms with E-state index in [0.29, 0.717) is 5.89 Å². The van der Waals surface area contributed by atoms with Crippen molar-refractivity contribution in [2.24, 2.45) is 0 Å². The van der Waals surface area contributed by atoms with E-state index < -0.39 is 0 Å². The Bertz CT molecular complexity index is 716. The highest BCUT2D eigenvalue weighted by molar-refractivity contribution is 5.77. The van der Waals surface area contributed by atoms with Crippen molar-refractivity contribution >= 4 is 11.1 Å². The summed E-state index contributed by atoms with van der Waals surface area (Å²) in [5.41, 5.74) is 5.17. The third-order valence-electron chi connectivity index (χ3n) is 3.10. The number of nitrogens with one attached hydrogen (secondary N) is 1. The Kier molecular flexibility index (Phi) is 3.05. The van der Waals surface area contributed by atoms with Crippen molar-refractivity contribution in [3.63, 3.8) is 0 Å². The molecule has 2 aromatic carbocycles. The number of nitrogens with zero attached hydrogens (tertiary/aromatic N) is 1. The van der Waals surface area contributed by atoms with Gasteiger partial charge in [0.2, 0.25) is 5.89 Å². The molecule has 0 unspecified atom stereocenters. The molecule has 3 nitrogen and oxygen atoms in total. The van der Waals surface area contributed by atoms with Crippen molar-refractivity contribution in [2.45, 2.75) is 13.5 Å². The van der Waals surface area contributed by atoms with Crippen molar-refractivity contribution in [2.75, 3.05) is 7.05 Å². The van der Waals surface area contributed by atoms with Crippen molar-refractivity contribution < 1.29 is 4.42 Å². The highest BCUT2D eigenvalue weighted by Crippen LogP contribution is 2.25. The van der Waals surface area contributed by atoms with E-state index in [1.807, 2.05) is 25.2 Å². The molecule has 19 heavy (non-hydrogen) atoms. The van der Waals surface area contributed by atoms with Gasteiger partial charge in [-0.05, 0) is 43.8 Å². The number of oxazole rings is 1. The summed E-state index contributed by atoms with van der Waals surface area (Å²) in [5, 5.41) is 3.14. The summed E-state index contributed by atoms with van der Waals surface area (Å²) in [4.78, 5) is 4.57. The SMILES string of the molecule is CNCc1ccc2oc(-c3cccc(C)c3)nc2c1. The third kappa shape index (κ3) is 2.37. The van der Waals surface area contributed by atoms with Crippen LogP contribution < -0.4 is 5.32 Å². The summed E-state index contributed by atoms with van der Waals surface area (Å²) < 4.78 is 5.81. The Morgan fingerprint density at radius 2 is 2.05 bits per heavy atom. The largest absolute Gasteiger partial charge is 0.436 e. The molecule has 96 valence electrons. The van der Waals surface area contributed by atoms with Gasteiger partial charge in [-0.2, -0.15) is 0 Å². The lowest BCUT2D eigenvalue weighted by atomic mass is 10.1. The van der Waals surface area contributed by atoms with Crippen LogP contribution in [0.4, 0.5) is 0 Å². The first kappa shape index (κ1) is 11.9. The van der Waals surface area contributed by atoms with Gasteiger partial charge in [0.05, 0.1) is 0 Å². The third-order valence-corrected chi connectivity index (χ3v) is 3.10. The molecule has 0 saturated carbocycles. The Morgan fingerprint density at radius 3 is 2.84 bits per heavy atom. The zero-order chi connectivity index (χ0) is 13.2. The van der Waals surface area contributed by atoms with Crippen LogP contribution in [-0.2, 0) is 6.54 Å². The van der Waals surface area contributed by atoms with E-state index in [4.69, 9.17) is 4.42 Å². The van der Waals surface area contributed by atoms with Gasteiger partial charge in [-0.3, -0.25) is 0 Å². The summed E-state index contributed by atoms with van der Waals surface area (Å²) in [5.74, 6) is 0.681. The summed E-state index contributed by atoms with van der Waals surface area (Å²) in [6.07, 6.45) is 0. The quantitative estimate of drug-likeness (QED) is 0.775. The van der Waals surface area contributed by atoms with Gasteiger partial charge in [0.15, 0.2) is 5.58 Å². The van der Waals surface area contributed by atoms with Crippen LogP contribution in [0.2, 0.25) is 0 Å². The molecule has 1 heterocycles. The summed E-state index contributed by atoms with van der Waals surface area (Å²) in [7, 11) is 1.94. The Hall–Kier alpha value is -2.13. The van der Waals surface area contributed by atoms with Crippen LogP contribution in [0.15, 0.2) is 46.9 Å². The number of aromatic nitrogens is 1. The molecule has 3 heteroatoms. The van der Waals surface area contributed by atoms with Crippen LogP contribution in [-0.4, -0.2) is 12.0 Å². The number of fused-ring (bicyclic) bond motifs is 1. The molecule has 3 aromatic rings. The summed E-state index contributed by atoms with van der Waals surface area (Å²) in [6, 6.07) is 14.3. The molecule has 0 aliphatic heterocycles. The zero-order valence-corrected chi connectivity index (χ0v) is 11.1. The highest BCUT2D eigenvalue weighted by Gasteiger charge is 2.08. The lowest BCUT2D eigenvalue weighted by Gasteiger charge is -1.97. The number of hydrogen-bond acceptors (Lipinski definition) is 3.